The first-order chi connectivity index (χ1) is 10.9. The second-order valence-electron chi connectivity index (χ2n) is 6.01. The zero-order valence-electron chi connectivity index (χ0n) is 12.3. The Kier molecular flexibility index (Phi) is 3.55. The molecule has 1 aliphatic heterocycles. The molecule has 2 aromatic heterocycles. The SMILES string of the molecule is OC[C@@H]1CC[C@@H](c2nnnn2C2CC2)N1Cc1cnccn1. The van der Waals surface area contributed by atoms with E-state index in [0.29, 0.717) is 12.6 Å². The van der Waals surface area contributed by atoms with Crippen LogP contribution < -0.4 is 0 Å². The molecular formula is C14H19N7O. The molecular weight excluding hydrogens is 282 g/mol. The van der Waals surface area contributed by atoms with Crippen molar-refractivity contribution in [2.24, 2.45) is 0 Å². The molecule has 22 heavy (non-hydrogen) atoms. The van der Waals surface area contributed by atoms with Crippen molar-refractivity contribution in [1.29, 1.82) is 0 Å². The standard InChI is InChI=1S/C14H19N7O/c22-9-12-3-4-13(14-17-18-19-21(14)11-1-2-11)20(12)8-10-7-15-5-6-16-10/h5-7,11-13,22H,1-4,8-9H2/t12-,13-/m0/s1. The van der Waals surface area contributed by atoms with E-state index in [-0.39, 0.29) is 18.7 Å². The second kappa shape index (κ2) is 5.69. The maximum atomic E-state index is 9.68. The summed E-state index contributed by atoms with van der Waals surface area (Å²) in [6, 6.07) is 0.711. The van der Waals surface area contributed by atoms with Gasteiger partial charge in [-0.1, -0.05) is 0 Å². The van der Waals surface area contributed by atoms with Gasteiger partial charge in [-0.15, -0.1) is 5.10 Å². The Bertz CT molecular complexity index is 627. The minimum absolute atomic E-state index is 0.122. The molecule has 2 atom stereocenters. The fraction of sp³-hybridized carbons (Fsp3) is 0.643. The molecule has 116 valence electrons. The summed E-state index contributed by atoms with van der Waals surface area (Å²) in [7, 11) is 0. The predicted octanol–water partition coefficient (Wildman–Crippen LogP) is 0.496. The minimum atomic E-state index is 0.122. The van der Waals surface area contributed by atoms with Crippen LogP contribution >= 0.6 is 0 Å². The predicted molar refractivity (Wildman–Crippen MR) is 76.5 cm³/mol. The Hall–Kier alpha value is -1.93. The Labute approximate surface area is 128 Å². The van der Waals surface area contributed by atoms with Crippen LogP contribution in [-0.4, -0.2) is 52.8 Å². The molecule has 0 radical (unpaired) electrons. The average molecular weight is 301 g/mol. The third-order valence-corrected chi connectivity index (χ3v) is 4.52. The number of rotatable bonds is 5. The number of hydrogen-bond acceptors (Lipinski definition) is 7. The van der Waals surface area contributed by atoms with Crippen LogP contribution in [0, 0.1) is 0 Å². The lowest BCUT2D eigenvalue weighted by atomic mass is 10.2. The Morgan fingerprint density at radius 2 is 2.09 bits per heavy atom. The maximum absolute atomic E-state index is 9.68. The van der Waals surface area contributed by atoms with E-state index in [4.69, 9.17) is 0 Å². The van der Waals surface area contributed by atoms with E-state index in [2.05, 4.69) is 30.4 Å². The van der Waals surface area contributed by atoms with Crippen LogP contribution in [-0.2, 0) is 6.54 Å². The van der Waals surface area contributed by atoms with Gasteiger partial charge in [0.15, 0.2) is 5.82 Å². The van der Waals surface area contributed by atoms with Crippen LogP contribution in [0.1, 0.15) is 49.3 Å². The van der Waals surface area contributed by atoms with Crippen LogP contribution in [0.5, 0.6) is 0 Å². The van der Waals surface area contributed by atoms with E-state index in [1.165, 1.54) is 0 Å². The molecule has 8 heteroatoms. The van der Waals surface area contributed by atoms with E-state index >= 15 is 0 Å². The quantitative estimate of drug-likeness (QED) is 0.859. The molecule has 1 saturated carbocycles. The van der Waals surface area contributed by atoms with Gasteiger partial charge in [0.1, 0.15) is 0 Å². The number of aliphatic hydroxyl groups excluding tert-OH is 1. The molecule has 2 fully saturated rings. The van der Waals surface area contributed by atoms with Gasteiger partial charge < -0.3 is 5.11 Å². The summed E-state index contributed by atoms with van der Waals surface area (Å²) in [5, 5.41) is 22.0. The van der Waals surface area contributed by atoms with E-state index in [0.717, 1.165) is 37.2 Å². The average Bonchev–Trinajstić information content (AvgIpc) is 3.15. The van der Waals surface area contributed by atoms with Gasteiger partial charge in [-0.25, -0.2) is 4.68 Å². The van der Waals surface area contributed by atoms with Crippen molar-refractivity contribution in [3.8, 4) is 0 Å². The lowest BCUT2D eigenvalue weighted by Gasteiger charge is -2.28. The lowest BCUT2D eigenvalue weighted by molar-refractivity contribution is 0.115. The lowest BCUT2D eigenvalue weighted by Crippen LogP contribution is -2.35. The van der Waals surface area contributed by atoms with Crippen LogP contribution in [0.25, 0.3) is 0 Å². The van der Waals surface area contributed by atoms with Crippen LogP contribution in [0.4, 0.5) is 0 Å². The van der Waals surface area contributed by atoms with Gasteiger partial charge in [0.25, 0.3) is 0 Å². The van der Waals surface area contributed by atoms with E-state index in [1.54, 1.807) is 18.6 Å². The van der Waals surface area contributed by atoms with Gasteiger partial charge in [0, 0.05) is 31.2 Å². The summed E-state index contributed by atoms with van der Waals surface area (Å²) >= 11 is 0. The fourth-order valence-electron chi connectivity index (χ4n) is 3.25. The molecule has 0 bridgehead atoms. The van der Waals surface area contributed by atoms with Crippen LogP contribution in [0.2, 0.25) is 0 Å². The molecule has 1 aliphatic carbocycles. The Morgan fingerprint density at radius 3 is 2.82 bits per heavy atom. The molecule has 4 rings (SSSR count). The van der Waals surface area contributed by atoms with Crippen molar-refractivity contribution in [2.75, 3.05) is 6.61 Å². The molecule has 1 N–H and O–H groups in total. The van der Waals surface area contributed by atoms with Gasteiger partial charge in [0.2, 0.25) is 0 Å². The smallest absolute Gasteiger partial charge is 0.168 e. The Balaban J connectivity index is 1.61. The summed E-state index contributed by atoms with van der Waals surface area (Å²) in [5.74, 6) is 0.919. The normalized spacial score (nSPS) is 25.7. The highest BCUT2D eigenvalue weighted by Crippen LogP contribution is 2.40. The monoisotopic (exact) mass is 301 g/mol. The van der Waals surface area contributed by atoms with E-state index in [9.17, 15) is 5.11 Å². The van der Waals surface area contributed by atoms with E-state index in [1.807, 2.05) is 4.68 Å². The molecule has 8 nitrogen and oxygen atoms in total. The first kappa shape index (κ1) is 13.7. The Morgan fingerprint density at radius 1 is 1.18 bits per heavy atom. The molecule has 2 aromatic rings. The largest absolute Gasteiger partial charge is 0.395 e. The van der Waals surface area contributed by atoms with E-state index < -0.39 is 0 Å². The zero-order chi connectivity index (χ0) is 14.9. The summed E-state index contributed by atoms with van der Waals surface area (Å²) in [6.45, 7) is 0.795. The molecule has 3 heterocycles. The molecule has 1 saturated heterocycles. The van der Waals surface area contributed by atoms with Crippen molar-refractivity contribution in [3.05, 3.63) is 30.1 Å². The summed E-state index contributed by atoms with van der Waals surface area (Å²) in [6.07, 6.45) is 9.34. The number of hydrogen-bond donors (Lipinski definition) is 1. The number of likely N-dealkylation sites (tertiary alicyclic amines) is 1. The molecule has 0 unspecified atom stereocenters. The molecule has 0 aromatic carbocycles. The zero-order valence-corrected chi connectivity index (χ0v) is 12.3. The topological polar surface area (TPSA) is 92.9 Å². The number of aliphatic hydroxyl groups is 1. The summed E-state index contributed by atoms with van der Waals surface area (Å²) in [4.78, 5) is 10.7. The van der Waals surface area contributed by atoms with Crippen molar-refractivity contribution < 1.29 is 5.11 Å². The van der Waals surface area contributed by atoms with Crippen molar-refractivity contribution in [3.63, 3.8) is 0 Å². The molecule has 0 spiro atoms. The van der Waals surface area contributed by atoms with Gasteiger partial charge >= 0.3 is 0 Å². The number of aromatic nitrogens is 6. The number of tetrazole rings is 1. The van der Waals surface area contributed by atoms with Gasteiger partial charge in [-0.3, -0.25) is 14.9 Å². The molecule has 0 amide bonds. The summed E-state index contributed by atoms with van der Waals surface area (Å²) < 4.78 is 1.97. The highest BCUT2D eigenvalue weighted by atomic mass is 16.3. The first-order valence-corrected chi connectivity index (χ1v) is 7.76. The first-order valence-electron chi connectivity index (χ1n) is 7.76. The van der Waals surface area contributed by atoms with Crippen molar-refractivity contribution in [1.82, 2.24) is 35.1 Å². The van der Waals surface area contributed by atoms with Crippen LogP contribution in [0.3, 0.4) is 0 Å². The highest BCUT2D eigenvalue weighted by Gasteiger charge is 2.39. The van der Waals surface area contributed by atoms with Gasteiger partial charge in [0.05, 0.1) is 24.4 Å². The third kappa shape index (κ3) is 2.48. The van der Waals surface area contributed by atoms with Crippen molar-refractivity contribution >= 4 is 0 Å². The minimum Gasteiger partial charge on any atom is -0.395 e. The van der Waals surface area contributed by atoms with Gasteiger partial charge in [-0.05, 0) is 36.1 Å². The fourth-order valence-corrected chi connectivity index (χ4v) is 3.25. The van der Waals surface area contributed by atoms with Crippen LogP contribution in [0.15, 0.2) is 18.6 Å². The third-order valence-electron chi connectivity index (χ3n) is 4.52. The van der Waals surface area contributed by atoms with Gasteiger partial charge in [-0.2, -0.15) is 0 Å². The number of nitrogens with zero attached hydrogens (tertiary/aromatic N) is 7. The summed E-state index contributed by atoms with van der Waals surface area (Å²) in [5.41, 5.74) is 0.901. The maximum Gasteiger partial charge on any atom is 0.168 e. The van der Waals surface area contributed by atoms with Crippen molar-refractivity contribution in [2.45, 2.75) is 50.4 Å². The highest BCUT2D eigenvalue weighted by molar-refractivity contribution is 5.05. The second-order valence-corrected chi connectivity index (χ2v) is 6.01. The molecule has 2 aliphatic rings.